The van der Waals surface area contributed by atoms with Gasteiger partial charge in [-0.15, -0.1) is 22.9 Å². The highest BCUT2D eigenvalue weighted by Crippen LogP contribution is 2.08. The van der Waals surface area contributed by atoms with Crippen LogP contribution in [-0.2, 0) is 22.7 Å². The molecule has 0 fully saturated rings. The van der Waals surface area contributed by atoms with E-state index in [1.807, 2.05) is 0 Å². The molecule has 4 heteroatoms. The largest absolute Gasteiger partial charge is 0.377 e. The van der Waals surface area contributed by atoms with E-state index in [0.717, 1.165) is 38.9 Å². The molecular formula is C24H38O2Si2. The molecule has 0 heterocycles. The summed E-state index contributed by atoms with van der Waals surface area (Å²) in [4.78, 5) is 0. The van der Waals surface area contributed by atoms with Crippen molar-refractivity contribution >= 4 is 16.1 Å². The molecule has 0 spiro atoms. The zero-order valence-electron chi connectivity index (χ0n) is 18.8. The molecule has 0 aromatic heterocycles. The molecule has 154 valence electrons. The lowest BCUT2D eigenvalue weighted by atomic mass is 10.1. The Morgan fingerprint density at radius 1 is 0.643 bits per heavy atom. The maximum absolute atomic E-state index is 5.75. The zero-order valence-corrected chi connectivity index (χ0v) is 20.8. The summed E-state index contributed by atoms with van der Waals surface area (Å²) in [6.07, 6.45) is 3.88. The first-order valence-electron chi connectivity index (χ1n) is 10.4. The van der Waals surface area contributed by atoms with Gasteiger partial charge in [0.15, 0.2) is 0 Å². The van der Waals surface area contributed by atoms with Crippen LogP contribution < -0.4 is 0 Å². The third-order valence-corrected chi connectivity index (χ3v) is 5.52. The molecule has 0 saturated heterocycles. The summed E-state index contributed by atoms with van der Waals surface area (Å²) in [5.74, 6) is 6.57. The first kappa shape index (κ1) is 24.7. The van der Waals surface area contributed by atoms with E-state index in [-0.39, 0.29) is 0 Å². The lowest BCUT2D eigenvalue weighted by Gasteiger charge is -2.07. The molecule has 0 amide bonds. The Kier molecular flexibility index (Phi) is 11.5. The zero-order chi connectivity index (χ0) is 20.9. The summed E-state index contributed by atoms with van der Waals surface area (Å²) in [6.45, 7) is 16.5. The lowest BCUT2D eigenvalue weighted by Crippen LogP contribution is -2.16. The normalized spacial score (nSPS) is 11.4. The fraction of sp³-hybridized carbons (Fsp3) is 0.583. The Morgan fingerprint density at radius 3 is 1.32 bits per heavy atom. The number of hydrogen-bond donors (Lipinski definition) is 0. The topological polar surface area (TPSA) is 18.5 Å². The first-order chi connectivity index (χ1) is 13.2. The standard InChI is InChI=1S/C24H38O2Si2/c1-27(2,3)19-11-7-9-17-25-21-23-13-15-24(16-14-23)22-26-18-10-8-12-20-28(4,5)6/h13-16H,7-10,17-18,21-22H2,1-6H3. The molecule has 1 aromatic rings. The van der Waals surface area contributed by atoms with E-state index in [1.165, 1.54) is 11.1 Å². The number of rotatable bonds is 10. The molecule has 0 radical (unpaired) electrons. The minimum absolute atomic E-state index is 0.665. The molecule has 0 unspecified atom stereocenters. The Balaban J connectivity index is 2.13. The van der Waals surface area contributed by atoms with Crippen LogP contribution in [0.15, 0.2) is 24.3 Å². The molecule has 0 aliphatic rings. The molecular weight excluding hydrogens is 376 g/mol. The van der Waals surface area contributed by atoms with E-state index in [0.29, 0.717) is 13.2 Å². The molecule has 0 aliphatic heterocycles. The maximum Gasteiger partial charge on any atom is 0.129 e. The summed E-state index contributed by atoms with van der Waals surface area (Å²) in [6, 6.07) is 8.51. The van der Waals surface area contributed by atoms with Crippen molar-refractivity contribution in [3.8, 4) is 22.9 Å². The van der Waals surface area contributed by atoms with Crippen molar-refractivity contribution < 1.29 is 9.47 Å². The van der Waals surface area contributed by atoms with Crippen LogP contribution in [0, 0.1) is 22.9 Å². The van der Waals surface area contributed by atoms with Gasteiger partial charge in [0.05, 0.1) is 13.2 Å². The summed E-state index contributed by atoms with van der Waals surface area (Å²) >= 11 is 0. The van der Waals surface area contributed by atoms with Crippen LogP contribution in [0.2, 0.25) is 39.3 Å². The van der Waals surface area contributed by atoms with Gasteiger partial charge < -0.3 is 9.47 Å². The van der Waals surface area contributed by atoms with Gasteiger partial charge in [0.1, 0.15) is 16.1 Å². The molecule has 0 saturated carbocycles. The minimum Gasteiger partial charge on any atom is -0.377 e. The molecule has 1 rings (SSSR count). The first-order valence-corrected chi connectivity index (χ1v) is 17.4. The summed E-state index contributed by atoms with van der Waals surface area (Å²) < 4.78 is 11.5. The van der Waals surface area contributed by atoms with Crippen molar-refractivity contribution in [3.05, 3.63) is 35.4 Å². The molecule has 0 bridgehead atoms. The van der Waals surface area contributed by atoms with E-state index in [9.17, 15) is 0 Å². The highest BCUT2D eigenvalue weighted by atomic mass is 28.3. The predicted molar refractivity (Wildman–Crippen MR) is 126 cm³/mol. The van der Waals surface area contributed by atoms with E-state index in [4.69, 9.17) is 9.47 Å². The van der Waals surface area contributed by atoms with Gasteiger partial charge in [0, 0.05) is 26.1 Å². The van der Waals surface area contributed by atoms with Gasteiger partial charge in [-0.3, -0.25) is 0 Å². The van der Waals surface area contributed by atoms with Gasteiger partial charge in [0.25, 0.3) is 0 Å². The number of unbranched alkanes of at least 4 members (excludes halogenated alkanes) is 2. The summed E-state index contributed by atoms with van der Waals surface area (Å²) in [5.41, 5.74) is 9.19. The monoisotopic (exact) mass is 414 g/mol. The highest BCUT2D eigenvalue weighted by molar-refractivity contribution is 6.84. The Bertz CT molecular complexity index is 613. The number of hydrogen-bond acceptors (Lipinski definition) is 2. The van der Waals surface area contributed by atoms with Crippen molar-refractivity contribution in [1.82, 2.24) is 0 Å². The van der Waals surface area contributed by atoms with E-state index in [1.54, 1.807) is 0 Å². The Hall–Kier alpha value is -1.31. The van der Waals surface area contributed by atoms with E-state index in [2.05, 4.69) is 86.5 Å². The minimum atomic E-state index is -1.23. The molecule has 2 nitrogen and oxygen atoms in total. The van der Waals surface area contributed by atoms with Crippen molar-refractivity contribution in [2.75, 3.05) is 13.2 Å². The maximum atomic E-state index is 5.75. The smallest absolute Gasteiger partial charge is 0.129 e. The number of ether oxygens (including phenoxy) is 2. The molecule has 1 aromatic carbocycles. The van der Waals surface area contributed by atoms with Crippen LogP contribution >= 0.6 is 0 Å². The number of benzene rings is 1. The SMILES string of the molecule is C[Si](C)(C)C#CCCCOCc1ccc(COCCCC#C[Si](C)(C)C)cc1. The molecule has 0 N–H and O–H groups in total. The van der Waals surface area contributed by atoms with Crippen LogP contribution in [0.1, 0.15) is 36.8 Å². The average Bonchev–Trinajstić information content (AvgIpc) is 2.59. The van der Waals surface area contributed by atoms with Gasteiger partial charge >= 0.3 is 0 Å². The third-order valence-electron chi connectivity index (χ3n) is 3.67. The third kappa shape index (κ3) is 14.7. The van der Waals surface area contributed by atoms with Gasteiger partial charge in [-0.2, -0.15) is 0 Å². The van der Waals surface area contributed by atoms with Gasteiger partial charge in [-0.05, 0) is 24.0 Å². The fourth-order valence-electron chi connectivity index (χ4n) is 2.29. The van der Waals surface area contributed by atoms with Crippen LogP contribution in [0.3, 0.4) is 0 Å². The Labute approximate surface area is 175 Å². The summed E-state index contributed by atoms with van der Waals surface area (Å²) in [7, 11) is -2.45. The van der Waals surface area contributed by atoms with Gasteiger partial charge in [-0.25, -0.2) is 0 Å². The van der Waals surface area contributed by atoms with Crippen LogP contribution in [0.25, 0.3) is 0 Å². The second kappa shape index (κ2) is 13.0. The molecule has 0 atom stereocenters. The van der Waals surface area contributed by atoms with Crippen molar-refractivity contribution in [3.63, 3.8) is 0 Å². The second-order valence-electron chi connectivity index (χ2n) is 9.23. The van der Waals surface area contributed by atoms with Gasteiger partial charge in [0.2, 0.25) is 0 Å². The fourth-order valence-corrected chi connectivity index (χ4v) is 3.60. The van der Waals surface area contributed by atoms with E-state index < -0.39 is 16.1 Å². The van der Waals surface area contributed by atoms with Crippen LogP contribution in [0.4, 0.5) is 0 Å². The van der Waals surface area contributed by atoms with Crippen molar-refractivity contribution in [2.45, 2.75) is 78.2 Å². The van der Waals surface area contributed by atoms with Crippen LogP contribution in [-0.4, -0.2) is 29.4 Å². The Morgan fingerprint density at radius 2 is 1.00 bits per heavy atom. The average molecular weight is 415 g/mol. The lowest BCUT2D eigenvalue weighted by molar-refractivity contribution is 0.117. The van der Waals surface area contributed by atoms with Crippen LogP contribution in [0.5, 0.6) is 0 Å². The highest BCUT2D eigenvalue weighted by Gasteiger charge is 2.07. The van der Waals surface area contributed by atoms with Crippen molar-refractivity contribution in [1.29, 1.82) is 0 Å². The predicted octanol–water partition coefficient (Wildman–Crippen LogP) is 6.04. The van der Waals surface area contributed by atoms with Gasteiger partial charge in [-0.1, -0.05) is 63.5 Å². The molecule has 28 heavy (non-hydrogen) atoms. The molecule has 0 aliphatic carbocycles. The summed E-state index contributed by atoms with van der Waals surface area (Å²) in [5, 5.41) is 0. The van der Waals surface area contributed by atoms with E-state index >= 15 is 0 Å². The quantitative estimate of drug-likeness (QED) is 0.264. The van der Waals surface area contributed by atoms with Crippen molar-refractivity contribution in [2.24, 2.45) is 0 Å². The second-order valence-corrected chi connectivity index (χ2v) is 18.7.